The van der Waals surface area contributed by atoms with Gasteiger partial charge in [0.15, 0.2) is 0 Å². The van der Waals surface area contributed by atoms with E-state index in [0.717, 1.165) is 23.1 Å². The van der Waals surface area contributed by atoms with Crippen molar-refractivity contribution in [3.05, 3.63) is 94.8 Å². The van der Waals surface area contributed by atoms with E-state index < -0.39 is 0 Å². The van der Waals surface area contributed by atoms with Gasteiger partial charge in [-0.15, -0.1) is 0 Å². The molecule has 0 unspecified atom stereocenters. The second-order valence-corrected chi connectivity index (χ2v) is 6.65. The number of nitrogens with zero attached hydrogens (tertiary/aromatic N) is 1. The van der Waals surface area contributed by atoms with Gasteiger partial charge in [0.25, 0.3) is 11.8 Å². The van der Waals surface area contributed by atoms with Gasteiger partial charge in [-0.1, -0.05) is 42.5 Å². The zero-order valence-electron chi connectivity index (χ0n) is 16.0. The van der Waals surface area contributed by atoms with Crippen LogP contribution in [-0.2, 0) is 6.42 Å². The number of carbonyl (C=O) groups excluding carboxylic acids is 2. The van der Waals surface area contributed by atoms with Crippen molar-refractivity contribution in [3.8, 4) is 0 Å². The third-order valence-corrected chi connectivity index (χ3v) is 4.52. The number of anilines is 1. The van der Waals surface area contributed by atoms with Gasteiger partial charge in [-0.25, -0.2) is 4.98 Å². The van der Waals surface area contributed by atoms with Gasteiger partial charge in [-0.05, 0) is 61.2 Å². The maximum atomic E-state index is 12.5. The number of hydrogen-bond acceptors (Lipinski definition) is 3. The molecule has 1 aromatic heterocycles. The minimum absolute atomic E-state index is 0.203. The van der Waals surface area contributed by atoms with Crippen LogP contribution in [0, 0.1) is 13.8 Å². The largest absolute Gasteiger partial charge is 0.350 e. The fourth-order valence-corrected chi connectivity index (χ4v) is 2.76. The van der Waals surface area contributed by atoms with E-state index in [0.29, 0.717) is 12.2 Å². The van der Waals surface area contributed by atoms with Gasteiger partial charge in [0.05, 0.1) is 0 Å². The van der Waals surface area contributed by atoms with E-state index in [4.69, 9.17) is 0 Å². The number of benzene rings is 2. The average molecular weight is 373 g/mol. The number of pyridine rings is 1. The quantitative estimate of drug-likeness (QED) is 0.688. The average Bonchev–Trinajstić information content (AvgIpc) is 2.71. The van der Waals surface area contributed by atoms with Crippen LogP contribution < -0.4 is 10.6 Å². The topological polar surface area (TPSA) is 71.1 Å². The molecule has 1 heterocycles. The molecule has 2 amide bonds. The smallest absolute Gasteiger partial charge is 0.274 e. The number of rotatable bonds is 6. The molecule has 0 aliphatic rings. The molecule has 2 N–H and O–H groups in total. The van der Waals surface area contributed by atoms with E-state index in [1.807, 2.05) is 62.4 Å². The van der Waals surface area contributed by atoms with E-state index in [1.165, 1.54) is 0 Å². The summed E-state index contributed by atoms with van der Waals surface area (Å²) in [7, 11) is 0. The lowest BCUT2D eigenvalue weighted by molar-refractivity contribution is 0.0949. The molecule has 142 valence electrons. The highest BCUT2D eigenvalue weighted by atomic mass is 16.2. The van der Waals surface area contributed by atoms with Crippen molar-refractivity contribution in [2.45, 2.75) is 20.3 Å². The van der Waals surface area contributed by atoms with Gasteiger partial charge in [-0.2, -0.15) is 0 Å². The first-order valence-electron chi connectivity index (χ1n) is 9.21. The Hall–Kier alpha value is -3.47. The van der Waals surface area contributed by atoms with E-state index in [-0.39, 0.29) is 23.2 Å². The molecule has 28 heavy (non-hydrogen) atoms. The number of nitrogens with one attached hydrogen (secondary N) is 2. The molecule has 3 rings (SSSR count). The SMILES string of the molecule is Cc1ccc(NC(=O)c2cccc(C(=O)NCCc3ccccc3)n2)cc1C. The van der Waals surface area contributed by atoms with Crippen LogP contribution in [0.15, 0.2) is 66.7 Å². The van der Waals surface area contributed by atoms with Gasteiger partial charge in [0.2, 0.25) is 0 Å². The van der Waals surface area contributed by atoms with Crippen LogP contribution in [0.2, 0.25) is 0 Å². The van der Waals surface area contributed by atoms with E-state index in [9.17, 15) is 9.59 Å². The number of aromatic nitrogens is 1. The first-order valence-corrected chi connectivity index (χ1v) is 9.21. The van der Waals surface area contributed by atoms with Crippen molar-refractivity contribution in [1.29, 1.82) is 0 Å². The summed E-state index contributed by atoms with van der Waals surface area (Å²) >= 11 is 0. The summed E-state index contributed by atoms with van der Waals surface area (Å²) in [5.74, 6) is -0.640. The van der Waals surface area contributed by atoms with Gasteiger partial charge in [0.1, 0.15) is 11.4 Å². The normalized spacial score (nSPS) is 10.4. The Labute approximate surface area is 164 Å². The first-order chi connectivity index (χ1) is 13.5. The highest BCUT2D eigenvalue weighted by Crippen LogP contribution is 2.15. The molecule has 0 saturated heterocycles. The van der Waals surface area contributed by atoms with Crippen molar-refractivity contribution in [1.82, 2.24) is 10.3 Å². The van der Waals surface area contributed by atoms with Crippen LogP contribution in [0.4, 0.5) is 5.69 Å². The van der Waals surface area contributed by atoms with Crippen LogP contribution in [-0.4, -0.2) is 23.3 Å². The fraction of sp³-hybridized carbons (Fsp3) is 0.174. The molecule has 3 aromatic rings. The van der Waals surface area contributed by atoms with Crippen molar-refractivity contribution in [3.63, 3.8) is 0 Å². The number of aryl methyl sites for hydroxylation is 2. The van der Waals surface area contributed by atoms with Crippen LogP contribution in [0.25, 0.3) is 0 Å². The second-order valence-electron chi connectivity index (χ2n) is 6.65. The lowest BCUT2D eigenvalue weighted by Crippen LogP contribution is -2.27. The molecule has 0 atom stereocenters. The molecule has 0 saturated carbocycles. The Bertz CT molecular complexity index is 984. The van der Waals surface area contributed by atoms with E-state index in [2.05, 4.69) is 15.6 Å². The summed E-state index contributed by atoms with van der Waals surface area (Å²) in [5.41, 5.74) is 4.53. The molecule has 5 heteroatoms. The van der Waals surface area contributed by atoms with Crippen LogP contribution >= 0.6 is 0 Å². The lowest BCUT2D eigenvalue weighted by atomic mass is 10.1. The molecule has 2 aromatic carbocycles. The summed E-state index contributed by atoms with van der Waals surface area (Å²) < 4.78 is 0. The fourth-order valence-electron chi connectivity index (χ4n) is 2.76. The van der Waals surface area contributed by atoms with Crippen molar-refractivity contribution in [2.75, 3.05) is 11.9 Å². The standard InChI is InChI=1S/C23H23N3O2/c1-16-11-12-19(15-17(16)2)25-23(28)21-10-6-9-20(26-21)22(27)24-14-13-18-7-4-3-5-8-18/h3-12,15H,13-14H2,1-2H3,(H,24,27)(H,25,28). The minimum atomic E-state index is -0.345. The molecule has 0 radical (unpaired) electrons. The minimum Gasteiger partial charge on any atom is -0.350 e. The molecule has 0 aliphatic heterocycles. The number of carbonyl (C=O) groups is 2. The Balaban J connectivity index is 1.61. The number of amides is 2. The molecule has 5 nitrogen and oxygen atoms in total. The number of hydrogen-bond donors (Lipinski definition) is 2. The zero-order chi connectivity index (χ0) is 19.9. The highest BCUT2D eigenvalue weighted by molar-refractivity contribution is 6.03. The molecule has 0 spiro atoms. The summed E-state index contributed by atoms with van der Waals surface area (Å²) in [6, 6.07) is 20.5. The molecular formula is C23H23N3O2. The Morgan fingerprint density at radius 1 is 0.821 bits per heavy atom. The second kappa shape index (κ2) is 8.95. The first kappa shape index (κ1) is 19.3. The van der Waals surface area contributed by atoms with Crippen LogP contribution in [0.3, 0.4) is 0 Å². The van der Waals surface area contributed by atoms with Crippen molar-refractivity contribution >= 4 is 17.5 Å². The zero-order valence-corrected chi connectivity index (χ0v) is 16.0. The summed E-state index contributed by atoms with van der Waals surface area (Å²) in [6.45, 7) is 4.51. The van der Waals surface area contributed by atoms with Crippen LogP contribution in [0.1, 0.15) is 37.7 Å². The van der Waals surface area contributed by atoms with Crippen molar-refractivity contribution < 1.29 is 9.59 Å². The monoisotopic (exact) mass is 373 g/mol. The Kier molecular flexibility index (Phi) is 6.17. The molecule has 0 aliphatic carbocycles. The summed E-state index contributed by atoms with van der Waals surface area (Å²) in [4.78, 5) is 29.0. The maximum Gasteiger partial charge on any atom is 0.274 e. The summed E-state index contributed by atoms with van der Waals surface area (Å²) in [6.07, 6.45) is 0.736. The Morgan fingerprint density at radius 2 is 1.54 bits per heavy atom. The molecule has 0 fully saturated rings. The van der Waals surface area contributed by atoms with E-state index >= 15 is 0 Å². The Morgan fingerprint density at radius 3 is 2.25 bits per heavy atom. The van der Waals surface area contributed by atoms with Gasteiger partial charge < -0.3 is 10.6 Å². The van der Waals surface area contributed by atoms with Gasteiger partial charge in [0, 0.05) is 12.2 Å². The van der Waals surface area contributed by atoms with Crippen LogP contribution in [0.5, 0.6) is 0 Å². The van der Waals surface area contributed by atoms with Gasteiger partial charge >= 0.3 is 0 Å². The maximum absolute atomic E-state index is 12.5. The molecule has 0 bridgehead atoms. The third-order valence-electron chi connectivity index (χ3n) is 4.52. The van der Waals surface area contributed by atoms with Crippen molar-refractivity contribution in [2.24, 2.45) is 0 Å². The lowest BCUT2D eigenvalue weighted by Gasteiger charge is -2.09. The predicted octanol–water partition coefficient (Wildman–Crippen LogP) is 3.92. The van der Waals surface area contributed by atoms with E-state index in [1.54, 1.807) is 18.2 Å². The summed E-state index contributed by atoms with van der Waals surface area (Å²) in [5, 5.41) is 5.67. The third kappa shape index (κ3) is 5.04. The predicted molar refractivity (Wildman–Crippen MR) is 111 cm³/mol. The molecular weight excluding hydrogens is 350 g/mol. The highest BCUT2D eigenvalue weighted by Gasteiger charge is 2.12. The van der Waals surface area contributed by atoms with Gasteiger partial charge in [-0.3, -0.25) is 9.59 Å².